The van der Waals surface area contributed by atoms with Crippen molar-refractivity contribution in [3.05, 3.63) is 68.2 Å². The van der Waals surface area contributed by atoms with E-state index in [4.69, 9.17) is 39.6 Å². The molecular weight excluding hydrogens is 361 g/mol. The summed E-state index contributed by atoms with van der Waals surface area (Å²) in [5.74, 6) is -0.816. The molecule has 1 aliphatic heterocycles. The fraction of sp³-hybridized carbons (Fsp3) is 0. The number of aromatic hydroxyl groups is 1. The summed E-state index contributed by atoms with van der Waals surface area (Å²) in [6.07, 6.45) is 1.43. The summed E-state index contributed by atoms with van der Waals surface area (Å²) in [6.45, 7) is 0. The molecule has 0 atom stereocenters. The molecule has 0 radical (unpaired) electrons. The average molecular weight is 369 g/mol. The standard InChI is InChI=1S/C16H8Cl3NO3/c17-10-3-1-8(2-4-10)14-12(16(22)23-20-14)6-9-5-11(18)7-13(19)15(9)21/h1-7,21H/b12-6+. The van der Waals surface area contributed by atoms with Gasteiger partial charge in [-0.25, -0.2) is 4.79 Å². The molecule has 0 aromatic heterocycles. The Hall–Kier alpha value is -2.01. The average Bonchev–Trinajstić information content (AvgIpc) is 2.86. The van der Waals surface area contributed by atoms with Crippen molar-refractivity contribution in [3.63, 3.8) is 0 Å². The highest BCUT2D eigenvalue weighted by Crippen LogP contribution is 2.33. The molecule has 0 saturated carbocycles. The normalized spacial score (nSPS) is 15.7. The van der Waals surface area contributed by atoms with Gasteiger partial charge in [0, 0.05) is 21.2 Å². The summed E-state index contributed by atoms with van der Waals surface area (Å²) >= 11 is 17.7. The maximum atomic E-state index is 11.9. The summed E-state index contributed by atoms with van der Waals surface area (Å²) in [4.78, 5) is 16.7. The van der Waals surface area contributed by atoms with Gasteiger partial charge in [-0.3, -0.25) is 0 Å². The smallest absolute Gasteiger partial charge is 0.368 e. The largest absolute Gasteiger partial charge is 0.506 e. The van der Waals surface area contributed by atoms with Crippen LogP contribution in [0.25, 0.3) is 6.08 Å². The lowest BCUT2D eigenvalue weighted by Crippen LogP contribution is -2.06. The van der Waals surface area contributed by atoms with Gasteiger partial charge in [0.15, 0.2) is 0 Å². The first kappa shape index (κ1) is 15.9. The molecule has 4 nitrogen and oxygen atoms in total. The molecule has 116 valence electrons. The van der Waals surface area contributed by atoms with E-state index in [2.05, 4.69) is 5.16 Å². The third-order valence-corrected chi connectivity index (χ3v) is 3.93. The third-order valence-electron chi connectivity index (χ3n) is 3.17. The zero-order valence-corrected chi connectivity index (χ0v) is 13.7. The van der Waals surface area contributed by atoms with E-state index < -0.39 is 5.97 Å². The van der Waals surface area contributed by atoms with Crippen molar-refractivity contribution in [1.29, 1.82) is 0 Å². The van der Waals surface area contributed by atoms with Crippen LogP contribution in [0.2, 0.25) is 15.1 Å². The van der Waals surface area contributed by atoms with E-state index >= 15 is 0 Å². The number of rotatable bonds is 2. The van der Waals surface area contributed by atoms with Crippen LogP contribution < -0.4 is 0 Å². The molecule has 2 aromatic rings. The number of nitrogens with zero attached hydrogens (tertiary/aromatic N) is 1. The second kappa shape index (κ2) is 6.24. The zero-order valence-electron chi connectivity index (χ0n) is 11.4. The number of hydrogen-bond acceptors (Lipinski definition) is 4. The molecule has 0 saturated heterocycles. The van der Waals surface area contributed by atoms with E-state index in [1.165, 1.54) is 18.2 Å². The first-order valence-electron chi connectivity index (χ1n) is 6.41. The minimum Gasteiger partial charge on any atom is -0.506 e. The highest BCUT2D eigenvalue weighted by atomic mass is 35.5. The number of halogens is 3. The Morgan fingerprint density at radius 3 is 2.43 bits per heavy atom. The van der Waals surface area contributed by atoms with Crippen LogP contribution in [0, 0.1) is 0 Å². The number of phenols is 1. The van der Waals surface area contributed by atoms with E-state index in [1.54, 1.807) is 24.3 Å². The molecule has 0 unspecified atom stereocenters. The van der Waals surface area contributed by atoms with Gasteiger partial charge in [-0.15, -0.1) is 0 Å². The fourth-order valence-electron chi connectivity index (χ4n) is 2.08. The van der Waals surface area contributed by atoms with E-state index in [9.17, 15) is 9.90 Å². The number of hydrogen-bond donors (Lipinski definition) is 1. The zero-order chi connectivity index (χ0) is 16.6. The number of carbonyl (C=O) groups is 1. The van der Waals surface area contributed by atoms with Crippen molar-refractivity contribution in [2.24, 2.45) is 5.16 Å². The van der Waals surface area contributed by atoms with Gasteiger partial charge < -0.3 is 9.94 Å². The predicted molar refractivity (Wildman–Crippen MR) is 90.2 cm³/mol. The molecule has 0 bridgehead atoms. The Labute approximate surface area is 146 Å². The minimum atomic E-state index is -0.634. The molecular formula is C16H8Cl3NO3. The number of oxime groups is 1. The summed E-state index contributed by atoms with van der Waals surface area (Å²) in [7, 11) is 0. The van der Waals surface area contributed by atoms with Gasteiger partial charge in [-0.05, 0) is 30.3 Å². The van der Waals surface area contributed by atoms with Gasteiger partial charge in [0.25, 0.3) is 0 Å². The van der Waals surface area contributed by atoms with Crippen molar-refractivity contribution in [2.45, 2.75) is 0 Å². The van der Waals surface area contributed by atoms with E-state index in [0.717, 1.165) is 0 Å². The molecule has 1 N–H and O–H groups in total. The van der Waals surface area contributed by atoms with Crippen molar-refractivity contribution < 1.29 is 14.7 Å². The predicted octanol–water partition coefficient (Wildman–Crippen LogP) is 4.70. The molecule has 2 aromatic carbocycles. The number of phenolic OH excluding ortho intramolecular Hbond substituents is 1. The highest BCUT2D eigenvalue weighted by Gasteiger charge is 2.27. The second-order valence-electron chi connectivity index (χ2n) is 4.71. The molecule has 0 spiro atoms. The summed E-state index contributed by atoms with van der Waals surface area (Å²) in [5.41, 5.74) is 1.46. The number of carbonyl (C=O) groups excluding carboxylic acids is 1. The molecule has 0 amide bonds. The minimum absolute atomic E-state index is 0.0840. The van der Waals surface area contributed by atoms with Crippen LogP contribution in [-0.2, 0) is 9.63 Å². The lowest BCUT2D eigenvalue weighted by atomic mass is 10.0. The molecule has 3 rings (SSSR count). The molecule has 1 aliphatic rings. The van der Waals surface area contributed by atoms with Crippen LogP contribution >= 0.6 is 34.8 Å². The van der Waals surface area contributed by atoms with E-state index in [0.29, 0.717) is 21.3 Å². The van der Waals surface area contributed by atoms with Crippen LogP contribution in [0.5, 0.6) is 5.75 Å². The topological polar surface area (TPSA) is 58.9 Å². The highest BCUT2D eigenvalue weighted by molar-refractivity contribution is 6.36. The van der Waals surface area contributed by atoms with Crippen LogP contribution in [0.3, 0.4) is 0 Å². The van der Waals surface area contributed by atoms with E-state index in [-0.39, 0.29) is 21.9 Å². The van der Waals surface area contributed by atoms with Crippen LogP contribution in [0.1, 0.15) is 11.1 Å². The maximum Gasteiger partial charge on any atom is 0.368 e. The Morgan fingerprint density at radius 2 is 1.74 bits per heavy atom. The fourth-order valence-corrected chi connectivity index (χ4v) is 2.71. The molecule has 0 aliphatic carbocycles. The Morgan fingerprint density at radius 1 is 1.04 bits per heavy atom. The Bertz CT molecular complexity index is 858. The summed E-state index contributed by atoms with van der Waals surface area (Å²) in [5, 5.41) is 14.8. The lowest BCUT2D eigenvalue weighted by Gasteiger charge is -2.05. The van der Waals surface area contributed by atoms with Crippen LogP contribution in [0.15, 0.2) is 47.1 Å². The van der Waals surface area contributed by atoms with Gasteiger partial charge in [0.05, 0.1) is 10.6 Å². The van der Waals surface area contributed by atoms with E-state index in [1.807, 2.05) is 0 Å². The summed E-state index contributed by atoms with van der Waals surface area (Å²) in [6, 6.07) is 9.66. The Kier molecular flexibility index (Phi) is 4.31. The van der Waals surface area contributed by atoms with Gasteiger partial charge in [-0.1, -0.05) is 52.1 Å². The monoisotopic (exact) mass is 367 g/mol. The van der Waals surface area contributed by atoms with Crippen molar-refractivity contribution in [3.8, 4) is 5.75 Å². The van der Waals surface area contributed by atoms with Crippen LogP contribution in [-0.4, -0.2) is 16.8 Å². The maximum absolute atomic E-state index is 11.9. The molecule has 1 heterocycles. The Balaban J connectivity index is 2.08. The first-order valence-corrected chi connectivity index (χ1v) is 7.54. The molecule has 7 heteroatoms. The molecule has 0 fully saturated rings. The second-order valence-corrected chi connectivity index (χ2v) is 5.99. The van der Waals surface area contributed by atoms with Crippen molar-refractivity contribution in [2.75, 3.05) is 0 Å². The van der Waals surface area contributed by atoms with Crippen LogP contribution in [0.4, 0.5) is 0 Å². The quantitative estimate of drug-likeness (QED) is 0.617. The van der Waals surface area contributed by atoms with Crippen molar-refractivity contribution >= 4 is 52.6 Å². The summed E-state index contributed by atoms with van der Waals surface area (Å²) < 4.78 is 0. The first-order chi connectivity index (χ1) is 11.0. The SMILES string of the molecule is O=C1ON=C(c2ccc(Cl)cc2)/C1=C\c1cc(Cl)cc(Cl)c1O. The van der Waals surface area contributed by atoms with Gasteiger partial charge in [-0.2, -0.15) is 0 Å². The van der Waals surface area contributed by atoms with Gasteiger partial charge in [0.2, 0.25) is 0 Å². The van der Waals surface area contributed by atoms with Gasteiger partial charge in [0.1, 0.15) is 11.5 Å². The molecule has 23 heavy (non-hydrogen) atoms. The third kappa shape index (κ3) is 3.20. The van der Waals surface area contributed by atoms with Gasteiger partial charge >= 0.3 is 5.97 Å². The van der Waals surface area contributed by atoms with Crippen molar-refractivity contribution in [1.82, 2.24) is 0 Å². The lowest BCUT2D eigenvalue weighted by molar-refractivity contribution is -0.136. The number of benzene rings is 2.